The molecule has 0 aliphatic carbocycles. The molecule has 174 valence electrons. The van der Waals surface area contributed by atoms with Crippen molar-refractivity contribution in [3.63, 3.8) is 0 Å². The van der Waals surface area contributed by atoms with E-state index >= 15 is 0 Å². The van der Waals surface area contributed by atoms with Crippen molar-refractivity contribution in [2.24, 2.45) is 5.92 Å². The quantitative estimate of drug-likeness (QED) is 0.362. The summed E-state index contributed by atoms with van der Waals surface area (Å²) < 4.78 is 6.12. The second-order valence-corrected chi connectivity index (χ2v) is 9.66. The number of benzene rings is 2. The van der Waals surface area contributed by atoms with E-state index in [2.05, 4.69) is 55.0 Å². The highest BCUT2D eigenvalue weighted by molar-refractivity contribution is 7.71. The van der Waals surface area contributed by atoms with Gasteiger partial charge in [-0.2, -0.15) is 0 Å². The molecule has 4 rings (SSSR count). The fraction of sp³-hybridized carbons (Fsp3) is 0.400. The van der Waals surface area contributed by atoms with Crippen molar-refractivity contribution in [3.8, 4) is 0 Å². The lowest BCUT2D eigenvalue weighted by atomic mass is 10.1. The molecule has 2 aromatic carbocycles. The maximum absolute atomic E-state index is 13.3. The Hall–Kier alpha value is -2.97. The molecule has 2 heterocycles. The molecule has 0 N–H and O–H groups in total. The smallest absolute Gasteiger partial charge is 0.262 e. The number of anilines is 1. The van der Waals surface area contributed by atoms with Gasteiger partial charge in [0.1, 0.15) is 0 Å². The van der Waals surface area contributed by atoms with Crippen LogP contribution in [0.5, 0.6) is 0 Å². The molecule has 4 aromatic rings. The Kier molecular flexibility index (Phi) is 6.67. The highest BCUT2D eigenvalue weighted by Crippen LogP contribution is 2.17. The first-order valence-corrected chi connectivity index (χ1v) is 11.7. The molecule has 0 saturated carbocycles. The number of para-hydroxylation sites is 1. The lowest BCUT2D eigenvalue weighted by Gasteiger charge is -2.17. The summed E-state index contributed by atoms with van der Waals surface area (Å²) in [5, 5.41) is 5.48. The zero-order valence-corrected chi connectivity index (χ0v) is 20.8. The molecule has 0 bridgehead atoms. The number of hydrogen-bond donors (Lipinski definition) is 0. The van der Waals surface area contributed by atoms with Gasteiger partial charge >= 0.3 is 0 Å². The van der Waals surface area contributed by atoms with Crippen molar-refractivity contribution in [1.82, 2.24) is 23.6 Å². The first-order chi connectivity index (χ1) is 15.8. The lowest BCUT2D eigenvalue weighted by molar-refractivity contribution is 0.244. The maximum Gasteiger partial charge on any atom is 0.262 e. The van der Waals surface area contributed by atoms with Crippen molar-refractivity contribution in [2.45, 2.75) is 40.0 Å². The summed E-state index contributed by atoms with van der Waals surface area (Å²) >= 11 is 5.84. The van der Waals surface area contributed by atoms with Crippen LogP contribution < -0.4 is 10.5 Å². The Balaban J connectivity index is 1.70. The maximum atomic E-state index is 13.3. The third-order valence-electron chi connectivity index (χ3n) is 5.89. The highest BCUT2D eigenvalue weighted by Gasteiger charge is 2.16. The van der Waals surface area contributed by atoms with Gasteiger partial charge in [-0.15, -0.1) is 5.10 Å². The third kappa shape index (κ3) is 4.72. The van der Waals surface area contributed by atoms with Crippen molar-refractivity contribution in [3.05, 3.63) is 69.2 Å². The summed E-state index contributed by atoms with van der Waals surface area (Å²) in [6.07, 6.45) is 0.899. The number of aryl methyl sites for hydroxylation is 1. The van der Waals surface area contributed by atoms with E-state index in [9.17, 15) is 4.79 Å². The number of nitrogens with zero attached hydrogens (tertiary/aromatic N) is 6. The second kappa shape index (κ2) is 9.49. The van der Waals surface area contributed by atoms with Crippen molar-refractivity contribution in [2.75, 3.05) is 26.0 Å². The molecule has 0 atom stereocenters. The van der Waals surface area contributed by atoms with Crippen molar-refractivity contribution < 1.29 is 0 Å². The SMILES string of the molecule is CC(C)CCn1c(=O)c2ccccc2n2c(=S)n(CN(C)Cc3ccc(N(C)C)cc3)nc12. The largest absolute Gasteiger partial charge is 0.378 e. The van der Waals surface area contributed by atoms with Gasteiger partial charge in [0.05, 0.1) is 17.6 Å². The van der Waals surface area contributed by atoms with Crippen LogP contribution >= 0.6 is 12.2 Å². The first kappa shape index (κ1) is 23.2. The van der Waals surface area contributed by atoms with Crippen LogP contribution in [0, 0.1) is 10.7 Å². The van der Waals surface area contributed by atoms with Crippen LogP contribution in [0.15, 0.2) is 53.3 Å². The Labute approximate surface area is 199 Å². The van der Waals surface area contributed by atoms with E-state index in [1.54, 1.807) is 4.57 Å². The molecule has 0 spiro atoms. The molecular weight excluding hydrogens is 432 g/mol. The number of aromatic nitrogens is 4. The molecule has 0 radical (unpaired) electrons. The van der Waals surface area contributed by atoms with E-state index in [0.29, 0.717) is 35.1 Å². The van der Waals surface area contributed by atoms with Gasteiger partial charge in [-0.25, -0.2) is 4.68 Å². The Morgan fingerprint density at radius 1 is 1.03 bits per heavy atom. The van der Waals surface area contributed by atoms with Gasteiger partial charge < -0.3 is 4.90 Å². The summed E-state index contributed by atoms with van der Waals surface area (Å²) in [4.78, 5) is 17.5. The molecule has 8 heteroatoms. The summed E-state index contributed by atoms with van der Waals surface area (Å²) in [7, 11) is 6.13. The Morgan fingerprint density at radius 3 is 2.39 bits per heavy atom. The van der Waals surface area contributed by atoms with Gasteiger partial charge in [0.25, 0.3) is 5.56 Å². The minimum absolute atomic E-state index is 0.0137. The van der Waals surface area contributed by atoms with Gasteiger partial charge in [-0.05, 0) is 61.4 Å². The molecule has 0 aliphatic heterocycles. The summed E-state index contributed by atoms with van der Waals surface area (Å²) in [6.45, 7) is 6.23. The molecule has 0 fully saturated rings. The van der Waals surface area contributed by atoms with E-state index in [1.807, 2.05) is 47.4 Å². The van der Waals surface area contributed by atoms with Crippen LogP contribution in [0.25, 0.3) is 16.7 Å². The molecule has 7 nitrogen and oxygen atoms in total. The normalized spacial score (nSPS) is 11.8. The topological polar surface area (TPSA) is 50.7 Å². The minimum atomic E-state index is -0.0137. The summed E-state index contributed by atoms with van der Waals surface area (Å²) in [6, 6.07) is 16.2. The van der Waals surface area contributed by atoms with E-state index < -0.39 is 0 Å². The number of fused-ring (bicyclic) bond motifs is 3. The second-order valence-electron chi connectivity index (χ2n) is 9.29. The average molecular weight is 465 g/mol. The lowest BCUT2D eigenvalue weighted by Crippen LogP contribution is -2.24. The van der Waals surface area contributed by atoms with Gasteiger partial charge in [0.15, 0.2) is 0 Å². The van der Waals surface area contributed by atoms with Gasteiger partial charge in [-0.1, -0.05) is 38.1 Å². The fourth-order valence-electron chi connectivity index (χ4n) is 4.04. The Morgan fingerprint density at radius 2 is 1.73 bits per heavy atom. The van der Waals surface area contributed by atoms with Gasteiger partial charge in [0, 0.05) is 32.9 Å². The molecule has 0 aliphatic rings. The number of hydrogen-bond acceptors (Lipinski definition) is 5. The third-order valence-corrected chi connectivity index (χ3v) is 6.29. The van der Waals surface area contributed by atoms with Crippen LogP contribution in [0.1, 0.15) is 25.8 Å². The fourth-order valence-corrected chi connectivity index (χ4v) is 4.32. The zero-order valence-electron chi connectivity index (χ0n) is 20.0. The highest BCUT2D eigenvalue weighted by atomic mass is 32.1. The predicted molar refractivity (Wildman–Crippen MR) is 137 cm³/mol. The standard InChI is InChI=1S/C25H32N6OS/c1-18(2)14-15-29-23(32)21-8-6-7-9-22(21)31-24(29)26-30(25(31)33)17-28(5)16-19-10-12-20(13-11-19)27(3)4/h6-13,18H,14-17H2,1-5H3. The molecule has 2 aromatic heterocycles. The minimum Gasteiger partial charge on any atom is -0.378 e. The van der Waals surface area contributed by atoms with E-state index in [0.717, 1.165) is 18.5 Å². The van der Waals surface area contributed by atoms with Crippen LogP contribution in [0.2, 0.25) is 0 Å². The van der Waals surface area contributed by atoms with Gasteiger partial charge in [0.2, 0.25) is 10.5 Å². The summed E-state index contributed by atoms with van der Waals surface area (Å²) in [5.74, 6) is 1.09. The van der Waals surface area contributed by atoms with Crippen molar-refractivity contribution >= 4 is 34.6 Å². The van der Waals surface area contributed by atoms with E-state index in [1.165, 1.54) is 11.3 Å². The monoisotopic (exact) mass is 464 g/mol. The van der Waals surface area contributed by atoms with Crippen molar-refractivity contribution in [1.29, 1.82) is 0 Å². The zero-order chi connectivity index (χ0) is 23.7. The predicted octanol–water partition coefficient (Wildman–Crippen LogP) is 4.38. The molecule has 0 amide bonds. The number of rotatable bonds is 8. The van der Waals surface area contributed by atoms with E-state index in [4.69, 9.17) is 17.3 Å². The first-order valence-electron chi connectivity index (χ1n) is 11.3. The Bertz CT molecular complexity index is 1380. The average Bonchev–Trinajstić information content (AvgIpc) is 3.09. The van der Waals surface area contributed by atoms with E-state index in [-0.39, 0.29) is 5.56 Å². The molecule has 33 heavy (non-hydrogen) atoms. The van der Waals surface area contributed by atoms with Crippen LogP contribution in [-0.2, 0) is 19.8 Å². The molecular formula is C25H32N6OS. The van der Waals surface area contributed by atoms with Crippen LogP contribution in [0.3, 0.4) is 0 Å². The van der Waals surface area contributed by atoms with Crippen LogP contribution in [0.4, 0.5) is 5.69 Å². The molecule has 0 unspecified atom stereocenters. The van der Waals surface area contributed by atoms with Crippen LogP contribution in [-0.4, -0.2) is 44.8 Å². The summed E-state index contributed by atoms with van der Waals surface area (Å²) in [5.41, 5.74) is 3.18. The van der Waals surface area contributed by atoms with Gasteiger partial charge in [-0.3, -0.25) is 18.7 Å². The molecule has 0 saturated heterocycles.